The third-order valence-electron chi connectivity index (χ3n) is 4.26. The maximum absolute atomic E-state index is 5.52. The van der Waals surface area contributed by atoms with E-state index < -0.39 is 0 Å². The molecule has 0 spiro atoms. The van der Waals surface area contributed by atoms with Crippen molar-refractivity contribution >= 4 is 11.8 Å². The first-order chi connectivity index (χ1) is 11.3. The molecule has 1 aromatic carbocycles. The lowest BCUT2D eigenvalue weighted by Gasteiger charge is -2.36. The van der Waals surface area contributed by atoms with Gasteiger partial charge in [0.05, 0.1) is 7.11 Å². The number of hydrogen-bond acceptors (Lipinski definition) is 5. The topological polar surface area (TPSA) is 37.4 Å². The van der Waals surface area contributed by atoms with Crippen LogP contribution in [0.1, 0.15) is 17.2 Å². The Morgan fingerprint density at radius 2 is 2.30 bits per heavy atom. The second-order valence-corrected chi connectivity index (χ2v) is 6.51. The zero-order chi connectivity index (χ0) is 16.1. The van der Waals surface area contributed by atoms with Crippen molar-refractivity contribution in [3.05, 3.63) is 53.9 Å². The first-order valence-corrected chi connectivity index (χ1v) is 9.10. The van der Waals surface area contributed by atoms with E-state index in [0.717, 1.165) is 31.9 Å². The van der Waals surface area contributed by atoms with E-state index in [1.807, 2.05) is 18.5 Å². The molecule has 4 nitrogen and oxygen atoms in total. The van der Waals surface area contributed by atoms with Gasteiger partial charge in [-0.3, -0.25) is 9.88 Å². The molecule has 0 aliphatic carbocycles. The molecule has 1 aliphatic rings. The first kappa shape index (κ1) is 16.3. The van der Waals surface area contributed by atoms with Gasteiger partial charge in [-0.25, -0.2) is 0 Å². The Balaban J connectivity index is 1.79. The molecular formula is C18H23N3OS. The predicted molar refractivity (Wildman–Crippen MR) is 95.0 cm³/mol. The van der Waals surface area contributed by atoms with E-state index in [1.54, 1.807) is 18.9 Å². The fourth-order valence-electron chi connectivity index (χ4n) is 3.05. The van der Waals surface area contributed by atoms with Crippen LogP contribution in [0.25, 0.3) is 0 Å². The van der Waals surface area contributed by atoms with Gasteiger partial charge in [0.2, 0.25) is 0 Å². The van der Waals surface area contributed by atoms with Gasteiger partial charge in [-0.15, -0.1) is 11.8 Å². The monoisotopic (exact) mass is 329 g/mol. The van der Waals surface area contributed by atoms with Crippen LogP contribution < -0.4 is 10.1 Å². The molecule has 1 atom stereocenters. The summed E-state index contributed by atoms with van der Waals surface area (Å²) in [5.41, 5.74) is 2.56. The third-order valence-corrected chi connectivity index (χ3v) is 5.03. The summed E-state index contributed by atoms with van der Waals surface area (Å²) in [6.45, 7) is 3.95. The summed E-state index contributed by atoms with van der Waals surface area (Å²) in [7, 11) is 1.74. The smallest absolute Gasteiger partial charge is 0.132 e. The third kappa shape index (κ3) is 3.86. The Morgan fingerprint density at radius 1 is 1.39 bits per heavy atom. The fraction of sp³-hybridized carbons (Fsp3) is 0.389. The highest BCUT2D eigenvalue weighted by Crippen LogP contribution is 2.30. The Bertz CT molecular complexity index is 635. The van der Waals surface area contributed by atoms with Crippen LogP contribution in [0.4, 0.5) is 0 Å². The number of methoxy groups -OCH3 is 1. The highest BCUT2D eigenvalue weighted by molar-refractivity contribution is 7.98. The normalized spacial score (nSPS) is 18.8. The van der Waals surface area contributed by atoms with Gasteiger partial charge in [0.1, 0.15) is 5.75 Å². The number of thioether (sulfide) groups is 1. The number of piperazine rings is 1. The average Bonchev–Trinajstić information content (AvgIpc) is 2.63. The molecule has 1 aliphatic heterocycles. The summed E-state index contributed by atoms with van der Waals surface area (Å²) in [4.78, 5) is 7.97. The van der Waals surface area contributed by atoms with Crippen LogP contribution in [-0.2, 0) is 6.54 Å². The van der Waals surface area contributed by atoms with Crippen LogP contribution in [0.3, 0.4) is 0 Å². The van der Waals surface area contributed by atoms with Crippen LogP contribution >= 0.6 is 11.8 Å². The van der Waals surface area contributed by atoms with Crippen LogP contribution in [-0.4, -0.2) is 42.9 Å². The molecule has 0 radical (unpaired) electrons. The maximum atomic E-state index is 5.52. The number of rotatable bonds is 5. The molecule has 1 aromatic heterocycles. The van der Waals surface area contributed by atoms with E-state index in [0.29, 0.717) is 6.04 Å². The molecule has 3 rings (SSSR count). The molecule has 0 amide bonds. The maximum Gasteiger partial charge on any atom is 0.132 e. The molecule has 2 aromatic rings. The molecule has 1 fully saturated rings. The number of aromatic nitrogens is 1. The van der Waals surface area contributed by atoms with Crippen LogP contribution in [0.15, 0.2) is 47.6 Å². The van der Waals surface area contributed by atoms with Crippen molar-refractivity contribution in [1.29, 1.82) is 0 Å². The molecule has 23 heavy (non-hydrogen) atoms. The van der Waals surface area contributed by atoms with Gasteiger partial charge >= 0.3 is 0 Å². The highest BCUT2D eigenvalue weighted by atomic mass is 32.2. The first-order valence-electron chi connectivity index (χ1n) is 7.87. The van der Waals surface area contributed by atoms with Crippen molar-refractivity contribution in [2.45, 2.75) is 17.5 Å². The van der Waals surface area contributed by atoms with Crippen molar-refractivity contribution in [2.24, 2.45) is 0 Å². The van der Waals surface area contributed by atoms with Gasteiger partial charge in [0, 0.05) is 49.5 Å². The molecule has 1 N–H and O–H groups in total. The van der Waals surface area contributed by atoms with Gasteiger partial charge in [0.25, 0.3) is 0 Å². The van der Waals surface area contributed by atoms with Crippen LogP contribution in [0.2, 0.25) is 0 Å². The summed E-state index contributed by atoms with van der Waals surface area (Å²) < 4.78 is 5.52. The molecule has 1 unspecified atom stereocenters. The van der Waals surface area contributed by atoms with Gasteiger partial charge in [0.15, 0.2) is 0 Å². The van der Waals surface area contributed by atoms with E-state index in [9.17, 15) is 0 Å². The quantitative estimate of drug-likeness (QED) is 0.854. The van der Waals surface area contributed by atoms with Crippen LogP contribution in [0, 0.1) is 0 Å². The Morgan fingerprint density at radius 3 is 3.04 bits per heavy atom. The highest BCUT2D eigenvalue weighted by Gasteiger charge is 2.24. The molecule has 2 heterocycles. The van der Waals surface area contributed by atoms with E-state index in [4.69, 9.17) is 4.74 Å². The van der Waals surface area contributed by atoms with Crippen molar-refractivity contribution in [3.8, 4) is 5.75 Å². The van der Waals surface area contributed by atoms with E-state index in [1.165, 1.54) is 16.0 Å². The molecule has 5 heteroatoms. The van der Waals surface area contributed by atoms with E-state index >= 15 is 0 Å². The van der Waals surface area contributed by atoms with Gasteiger partial charge in [-0.2, -0.15) is 0 Å². The lowest BCUT2D eigenvalue weighted by atomic mass is 10.0. The van der Waals surface area contributed by atoms with E-state index in [-0.39, 0.29) is 0 Å². The summed E-state index contributed by atoms with van der Waals surface area (Å²) in [5, 5.41) is 3.49. The van der Waals surface area contributed by atoms with Crippen LogP contribution in [0.5, 0.6) is 5.75 Å². The van der Waals surface area contributed by atoms with Gasteiger partial charge in [-0.1, -0.05) is 12.1 Å². The standard InChI is InChI=1S/C18H23N3OS/c1-22-17-10-14(5-6-18(17)23-2)13-21-9-8-20-12-16(21)15-4-3-7-19-11-15/h3-7,10-11,16,20H,8-9,12-13H2,1-2H3. The number of pyridine rings is 1. The lowest BCUT2D eigenvalue weighted by Crippen LogP contribution is -2.45. The fourth-order valence-corrected chi connectivity index (χ4v) is 3.60. The largest absolute Gasteiger partial charge is 0.496 e. The van der Waals surface area contributed by atoms with Gasteiger partial charge < -0.3 is 10.1 Å². The minimum atomic E-state index is 0.365. The summed E-state index contributed by atoms with van der Waals surface area (Å²) >= 11 is 1.72. The van der Waals surface area contributed by atoms with Crippen molar-refractivity contribution in [2.75, 3.05) is 33.0 Å². The second-order valence-electron chi connectivity index (χ2n) is 5.67. The zero-order valence-corrected chi connectivity index (χ0v) is 14.5. The van der Waals surface area contributed by atoms with Gasteiger partial charge in [-0.05, 0) is 35.6 Å². The number of hydrogen-bond donors (Lipinski definition) is 1. The number of benzene rings is 1. The summed E-state index contributed by atoms with van der Waals surface area (Å²) in [6.07, 6.45) is 5.88. The molecule has 0 saturated carbocycles. The Hall–Kier alpha value is -1.56. The Kier molecular flexibility index (Phi) is 5.54. The number of nitrogens with zero attached hydrogens (tertiary/aromatic N) is 2. The lowest BCUT2D eigenvalue weighted by molar-refractivity contribution is 0.153. The van der Waals surface area contributed by atoms with Crippen molar-refractivity contribution in [3.63, 3.8) is 0 Å². The number of nitrogens with one attached hydrogen (secondary N) is 1. The minimum Gasteiger partial charge on any atom is -0.496 e. The molecule has 122 valence electrons. The summed E-state index contributed by atoms with van der Waals surface area (Å²) in [6, 6.07) is 11.1. The average molecular weight is 329 g/mol. The SMILES string of the molecule is COc1cc(CN2CCNCC2c2cccnc2)ccc1SC. The minimum absolute atomic E-state index is 0.365. The molecule has 1 saturated heterocycles. The molecular weight excluding hydrogens is 306 g/mol. The summed E-state index contributed by atoms with van der Waals surface area (Å²) in [5.74, 6) is 0.961. The molecule has 0 bridgehead atoms. The second kappa shape index (κ2) is 7.81. The van der Waals surface area contributed by atoms with Crippen molar-refractivity contribution < 1.29 is 4.74 Å². The van der Waals surface area contributed by atoms with E-state index in [2.05, 4.69) is 45.7 Å². The Labute approximate surface area is 142 Å². The zero-order valence-electron chi connectivity index (χ0n) is 13.7. The predicted octanol–water partition coefficient (Wildman–Crippen LogP) is 2.96. The van der Waals surface area contributed by atoms with Crippen molar-refractivity contribution in [1.82, 2.24) is 15.2 Å². The number of ether oxygens (including phenoxy) is 1.